The van der Waals surface area contributed by atoms with Gasteiger partial charge in [-0.25, -0.2) is 8.42 Å². The fraction of sp³-hybridized carbons (Fsp3) is 0.286. The van der Waals surface area contributed by atoms with Gasteiger partial charge in [0.05, 0.1) is 10.6 Å². The van der Waals surface area contributed by atoms with Crippen LogP contribution in [-0.2, 0) is 21.9 Å². The first-order chi connectivity index (χ1) is 10.7. The highest BCUT2D eigenvalue weighted by Crippen LogP contribution is 2.23. The number of anilines is 1. The molecule has 2 rings (SSSR count). The van der Waals surface area contributed by atoms with Crippen molar-refractivity contribution in [1.29, 1.82) is 0 Å². The molecule has 23 heavy (non-hydrogen) atoms. The molecule has 0 saturated heterocycles. The van der Waals surface area contributed by atoms with Crippen LogP contribution in [0.25, 0.3) is 0 Å². The van der Waals surface area contributed by atoms with Crippen LogP contribution >= 0.6 is 0 Å². The Balaban J connectivity index is 2.24. The molecule has 0 radical (unpaired) electrons. The molecule has 0 aliphatic carbocycles. The summed E-state index contributed by atoms with van der Waals surface area (Å²) in [4.78, 5) is 10.8. The molecule has 0 fully saturated rings. The van der Waals surface area contributed by atoms with Crippen molar-refractivity contribution in [3.05, 3.63) is 35.5 Å². The summed E-state index contributed by atoms with van der Waals surface area (Å²) in [6, 6.07) is 5.98. The van der Waals surface area contributed by atoms with E-state index in [4.69, 9.17) is 10.5 Å². The van der Waals surface area contributed by atoms with E-state index < -0.39 is 15.9 Å². The number of benzene rings is 1. The van der Waals surface area contributed by atoms with Gasteiger partial charge in [0.15, 0.2) is 6.61 Å². The van der Waals surface area contributed by atoms with Gasteiger partial charge in [0.25, 0.3) is 15.9 Å². The summed E-state index contributed by atoms with van der Waals surface area (Å²) in [6.07, 6.45) is 0. The zero-order valence-corrected chi connectivity index (χ0v) is 13.8. The summed E-state index contributed by atoms with van der Waals surface area (Å²) in [7, 11) is -2.10. The average molecular weight is 338 g/mol. The SMILES string of the molecule is Cc1cc(NS(=O)(=O)c2ccc(OCC(N)=O)c(C)c2)n(C)n1. The summed E-state index contributed by atoms with van der Waals surface area (Å²) in [5, 5.41) is 4.09. The number of sulfonamides is 1. The minimum absolute atomic E-state index is 0.0836. The van der Waals surface area contributed by atoms with Crippen molar-refractivity contribution in [3.8, 4) is 5.75 Å². The lowest BCUT2D eigenvalue weighted by Gasteiger charge is -2.11. The quantitative estimate of drug-likeness (QED) is 0.804. The zero-order valence-electron chi connectivity index (χ0n) is 13.0. The van der Waals surface area contributed by atoms with Crippen LogP contribution in [-0.4, -0.2) is 30.7 Å². The molecule has 0 unspecified atom stereocenters. The molecule has 1 amide bonds. The first-order valence-electron chi connectivity index (χ1n) is 6.74. The van der Waals surface area contributed by atoms with Gasteiger partial charge in [-0.05, 0) is 37.6 Å². The minimum atomic E-state index is -3.75. The lowest BCUT2D eigenvalue weighted by atomic mass is 10.2. The predicted octanol–water partition coefficient (Wildman–Crippen LogP) is 0.702. The van der Waals surface area contributed by atoms with Gasteiger partial charge in [-0.15, -0.1) is 0 Å². The van der Waals surface area contributed by atoms with E-state index in [-0.39, 0.29) is 11.5 Å². The summed E-state index contributed by atoms with van der Waals surface area (Å²) in [6.45, 7) is 3.19. The zero-order chi connectivity index (χ0) is 17.2. The Kier molecular flexibility index (Phi) is 4.60. The first-order valence-corrected chi connectivity index (χ1v) is 8.22. The van der Waals surface area contributed by atoms with E-state index in [9.17, 15) is 13.2 Å². The molecule has 0 bridgehead atoms. The molecular formula is C14H18N4O4S. The van der Waals surface area contributed by atoms with Gasteiger partial charge in [-0.3, -0.25) is 14.2 Å². The number of amides is 1. The summed E-state index contributed by atoms with van der Waals surface area (Å²) < 4.78 is 34.0. The Morgan fingerprint density at radius 1 is 1.35 bits per heavy atom. The number of aromatic nitrogens is 2. The minimum Gasteiger partial charge on any atom is -0.484 e. The Labute approximate surface area is 134 Å². The molecular weight excluding hydrogens is 320 g/mol. The molecule has 0 saturated carbocycles. The Morgan fingerprint density at radius 2 is 2.04 bits per heavy atom. The van der Waals surface area contributed by atoms with Gasteiger partial charge in [0.1, 0.15) is 11.6 Å². The van der Waals surface area contributed by atoms with Gasteiger partial charge in [0.2, 0.25) is 0 Å². The second kappa shape index (κ2) is 6.29. The largest absolute Gasteiger partial charge is 0.484 e. The highest BCUT2D eigenvalue weighted by atomic mass is 32.2. The lowest BCUT2D eigenvalue weighted by Crippen LogP contribution is -2.20. The maximum atomic E-state index is 12.4. The van der Waals surface area contributed by atoms with E-state index in [1.807, 2.05) is 0 Å². The van der Waals surface area contributed by atoms with Gasteiger partial charge < -0.3 is 10.5 Å². The number of primary amides is 1. The number of nitrogens with one attached hydrogen (secondary N) is 1. The molecule has 1 aromatic heterocycles. The highest BCUT2D eigenvalue weighted by Gasteiger charge is 2.18. The third-order valence-electron chi connectivity index (χ3n) is 3.07. The second-order valence-corrected chi connectivity index (χ2v) is 6.76. The van der Waals surface area contributed by atoms with Crippen molar-refractivity contribution in [1.82, 2.24) is 9.78 Å². The van der Waals surface area contributed by atoms with Crippen molar-refractivity contribution in [2.45, 2.75) is 18.7 Å². The normalized spacial score (nSPS) is 11.3. The fourth-order valence-corrected chi connectivity index (χ4v) is 3.17. The van der Waals surface area contributed by atoms with E-state index in [1.165, 1.54) is 22.9 Å². The highest BCUT2D eigenvalue weighted by molar-refractivity contribution is 7.92. The van der Waals surface area contributed by atoms with Gasteiger partial charge >= 0.3 is 0 Å². The van der Waals surface area contributed by atoms with E-state index >= 15 is 0 Å². The van der Waals surface area contributed by atoms with Crippen LogP contribution in [0.4, 0.5) is 5.82 Å². The van der Waals surface area contributed by atoms with Crippen LogP contribution in [0.1, 0.15) is 11.3 Å². The van der Waals surface area contributed by atoms with Crippen LogP contribution in [0, 0.1) is 13.8 Å². The molecule has 3 N–H and O–H groups in total. The van der Waals surface area contributed by atoms with Crippen molar-refractivity contribution in [2.75, 3.05) is 11.3 Å². The molecule has 1 heterocycles. The summed E-state index contributed by atoms with van der Waals surface area (Å²) in [5.41, 5.74) is 6.30. The number of carbonyl (C=O) groups excluding carboxylic acids is 1. The summed E-state index contributed by atoms with van der Waals surface area (Å²) in [5.74, 6) is 0.169. The summed E-state index contributed by atoms with van der Waals surface area (Å²) >= 11 is 0. The maximum absolute atomic E-state index is 12.4. The number of nitrogens with zero attached hydrogens (tertiary/aromatic N) is 2. The van der Waals surface area contributed by atoms with E-state index in [1.54, 1.807) is 27.0 Å². The first kappa shape index (κ1) is 16.8. The van der Waals surface area contributed by atoms with Crippen molar-refractivity contribution >= 4 is 21.7 Å². The van der Waals surface area contributed by atoms with Crippen LogP contribution < -0.4 is 15.2 Å². The number of rotatable bonds is 6. The lowest BCUT2D eigenvalue weighted by molar-refractivity contribution is -0.119. The number of hydrogen-bond donors (Lipinski definition) is 2. The number of nitrogens with two attached hydrogens (primary N) is 1. The number of carbonyl (C=O) groups is 1. The molecule has 9 heteroatoms. The van der Waals surface area contributed by atoms with Crippen molar-refractivity contribution < 1.29 is 17.9 Å². The van der Waals surface area contributed by atoms with Crippen molar-refractivity contribution in [3.63, 3.8) is 0 Å². The predicted molar refractivity (Wildman–Crippen MR) is 84.6 cm³/mol. The molecule has 0 spiro atoms. The Hall–Kier alpha value is -2.55. The monoisotopic (exact) mass is 338 g/mol. The molecule has 8 nitrogen and oxygen atoms in total. The van der Waals surface area contributed by atoms with Crippen LogP contribution in [0.3, 0.4) is 0 Å². The van der Waals surface area contributed by atoms with Crippen molar-refractivity contribution in [2.24, 2.45) is 12.8 Å². The van der Waals surface area contributed by atoms with Crippen LogP contribution in [0.2, 0.25) is 0 Å². The number of hydrogen-bond acceptors (Lipinski definition) is 5. The molecule has 124 valence electrons. The Morgan fingerprint density at radius 3 is 2.57 bits per heavy atom. The Bertz CT molecular complexity index is 842. The third kappa shape index (κ3) is 4.01. The molecule has 0 aliphatic heterocycles. The number of aryl methyl sites for hydroxylation is 3. The molecule has 0 atom stereocenters. The van der Waals surface area contributed by atoms with E-state index in [0.29, 0.717) is 22.8 Å². The van der Waals surface area contributed by atoms with Crippen LogP contribution in [0.15, 0.2) is 29.2 Å². The fourth-order valence-electron chi connectivity index (χ4n) is 2.00. The van der Waals surface area contributed by atoms with Crippen LogP contribution in [0.5, 0.6) is 5.75 Å². The second-order valence-electron chi connectivity index (χ2n) is 5.08. The molecule has 2 aromatic rings. The topological polar surface area (TPSA) is 116 Å². The van der Waals surface area contributed by atoms with E-state index in [2.05, 4.69) is 9.82 Å². The smallest absolute Gasteiger partial charge is 0.263 e. The third-order valence-corrected chi connectivity index (χ3v) is 4.42. The molecule has 0 aliphatic rings. The number of ether oxygens (including phenoxy) is 1. The maximum Gasteiger partial charge on any atom is 0.263 e. The standard InChI is InChI=1S/C14H18N4O4S/c1-9-6-11(4-5-12(9)22-8-13(15)19)23(20,21)17-14-7-10(2)16-18(14)3/h4-7,17H,8H2,1-3H3,(H2,15,19). The van der Waals surface area contributed by atoms with E-state index in [0.717, 1.165) is 0 Å². The average Bonchev–Trinajstić information content (AvgIpc) is 2.74. The van der Waals surface area contributed by atoms with Gasteiger partial charge in [0, 0.05) is 13.1 Å². The van der Waals surface area contributed by atoms with Gasteiger partial charge in [-0.1, -0.05) is 0 Å². The molecule has 1 aromatic carbocycles. The van der Waals surface area contributed by atoms with Gasteiger partial charge in [-0.2, -0.15) is 5.10 Å².